The van der Waals surface area contributed by atoms with Crippen LogP contribution in [0.5, 0.6) is 0 Å². The van der Waals surface area contributed by atoms with Crippen LogP contribution in [0.25, 0.3) is 0 Å². The first-order chi connectivity index (χ1) is 8.31. The molecule has 17 heavy (non-hydrogen) atoms. The summed E-state index contributed by atoms with van der Waals surface area (Å²) in [6.45, 7) is 0. The fraction of sp³-hybridized carbons (Fsp3) is 0.0714. The molecule has 1 aliphatic heterocycles. The number of carbonyl (C=O) groups is 1. The minimum absolute atomic E-state index is 0.0851. The van der Waals surface area contributed by atoms with Crippen molar-refractivity contribution >= 4 is 23.4 Å². The summed E-state index contributed by atoms with van der Waals surface area (Å²) < 4.78 is 0. The van der Waals surface area contributed by atoms with Gasteiger partial charge in [-0.15, -0.1) is 0 Å². The molecule has 0 bridgehead atoms. The smallest absolute Gasteiger partial charge is 0.228 e. The van der Waals surface area contributed by atoms with E-state index in [1.165, 1.54) is 4.90 Å². The second kappa shape index (κ2) is 4.26. The van der Waals surface area contributed by atoms with Crippen molar-refractivity contribution in [2.75, 3.05) is 5.32 Å². The SMILES string of the molecule is O=C1Cc2ccc(Sc3ccccc3)cc2N1. The lowest BCUT2D eigenvalue weighted by Crippen LogP contribution is -2.03. The van der Waals surface area contributed by atoms with Crippen molar-refractivity contribution in [1.82, 2.24) is 0 Å². The summed E-state index contributed by atoms with van der Waals surface area (Å²) >= 11 is 1.70. The van der Waals surface area contributed by atoms with Crippen LogP contribution in [0.1, 0.15) is 5.56 Å². The molecule has 0 saturated carbocycles. The topological polar surface area (TPSA) is 29.1 Å². The number of benzene rings is 2. The van der Waals surface area contributed by atoms with Crippen LogP contribution in [0.4, 0.5) is 5.69 Å². The molecule has 0 fully saturated rings. The van der Waals surface area contributed by atoms with Crippen LogP contribution < -0.4 is 5.32 Å². The largest absolute Gasteiger partial charge is 0.325 e. The third kappa shape index (κ3) is 2.19. The van der Waals surface area contributed by atoms with Gasteiger partial charge in [0.25, 0.3) is 0 Å². The third-order valence-corrected chi connectivity index (χ3v) is 3.68. The first kappa shape index (κ1) is 10.4. The first-order valence-electron chi connectivity index (χ1n) is 5.47. The van der Waals surface area contributed by atoms with E-state index in [1.54, 1.807) is 11.8 Å². The van der Waals surface area contributed by atoms with E-state index in [4.69, 9.17) is 0 Å². The van der Waals surface area contributed by atoms with E-state index in [0.29, 0.717) is 6.42 Å². The normalized spacial score (nSPS) is 13.3. The van der Waals surface area contributed by atoms with Gasteiger partial charge in [-0.3, -0.25) is 4.79 Å². The highest BCUT2D eigenvalue weighted by molar-refractivity contribution is 7.99. The van der Waals surface area contributed by atoms with Gasteiger partial charge in [0.05, 0.1) is 6.42 Å². The average Bonchev–Trinajstić information content (AvgIpc) is 2.70. The Morgan fingerprint density at radius 1 is 1.00 bits per heavy atom. The van der Waals surface area contributed by atoms with Crippen molar-refractivity contribution in [3.8, 4) is 0 Å². The number of amides is 1. The van der Waals surface area contributed by atoms with Gasteiger partial charge in [-0.2, -0.15) is 0 Å². The Morgan fingerprint density at radius 3 is 2.65 bits per heavy atom. The van der Waals surface area contributed by atoms with E-state index in [0.717, 1.165) is 16.1 Å². The molecular formula is C14H11NOS. The van der Waals surface area contributed by atoms with E-state index >= 15 is 0 Å². The number of carbonyl (C=O) groups excluding carboxylic acids is 1. The fourth-order valence-corrected chi connectivity index (χ4v) is 2.76. The van der Waals surface area contributed by atoms with Gasteiger partial charge in [-0.05, 0) is 29.8 Å². The standard InChI is InChI=1S/C14H11NOS/c16-14-8-10-6-7-12(9-13(10)15-14)17-11-4-2-1-3-5-11/h1-7,9H,8H2,(H,15,16). The van der Waals surface area contributed by atoms with Crippen molar-refractivity contribution in [2.24, 2.45) is 0 Å². The molecule has 0 saturated heterocycles. The lowest BCUT2D eigenvalue weighted by Gasteiger charge is -2.04. The quantitative estimate of drug-likeness (QED) is 0.873. The summed E-state index contributed by atoms with van der Waals surface area (Å²) in [5.41, 5.74) is 2.04. The fourth-order valence-electron chi connectivity index (χ4n) is 1.88. The van der Waals surface area contributed by atoms with Crippen molar-refractivity contribution in [3.05, 3.63) is 54.1 Å². The van der Waals surface area contributed by atoms with E-state index < -0.39 is 0 Å². The summed E-state index contributed by atoms with van der Waals surface area (Å²) in [5, 5.41) is 2.87. The molecule has 1 amide bonds. The van der Waals surface area contributed by atoms with Gasteiger partial charge in [0.15, 0.2) is 0 Å². The van der Waals surface area contributed by atoms with Crippen LogP contribution >= 0.6 is 11.8 Å². The van der Waals surface area contributed by atoms with Gasteiger partial charge in [0, 0.05) is 15.5 Å². The van der Waals surface area contributed by atoms with E-state index in [-0.39, 0.29) is 5.91 Å². The number of rotatable bonds is 2. The maximum atomic E-state index is 11.3. The Kier molecular flexibility index (Phi) is 2.61. The molecule has 0 atom stereocenters. The molecule has 0 spiro atoms. The lowest BCUT2D eigenvalue weighted by atomic mass is 10.2. The molecule has 2 nitrogen and oxygen atoms in total. The number of fused-ring (bicyclic) bond motifs is 1. The van der Waals surface area contributed by atoms with Crippen molar-refractivity contribution in [2.45, 2.75) is 16.2 Å². The molecule has 1 heterocycles. The Balaban J connectivity index is 1.86. The van der Waals surface area contributed by atoms with Crippen LogP contribution in [0, 0.1) is 0 Å². The Bertz CT molecular complexity index is 566. The predicted octanol–water partition coefficient (Wildman–Crippen LogP) is 3.33. The molecule has 1 aliphatic rings. The summed E-state index contributed by atoms with van der Waals surface area (Å²) in [4.78, 5) is 13.6. The highest BCUT2D eigenvalue weighted by Gasteiger charge is 2.17. The molecule has 3 heteroatoms. The minimum Gasteiger partial charge on any atom is -0.325 e. The summed E-state index contributed by atoms with van der Waals surface area (Å²) in [5.74, 6) is 0.0851. The summed E-state index contributed by atoms with van der Waals surface area (Å²) in [6, 6.07) is 16.3. The van der Waals surface area contributed by atoms with E-state index in [9.17, 15) is 4.79 Å². The van der Waals surface area contributed by atoms with Gasteiger partial charge in [-0.25, -0.2) is 0 Å². The maximum absolute atomic E-state index is 11.3. The van der Waals surface area contributed by atoms with Crippen LogP contribution in [0.2, 0.25) is 0 Å². The number of hydrogen-bond donors (Lipinski definition) is 1. The van der Waals surface area contributed by atoms with E-state index in [1.807, 2.05) is 30.3 Å². The lowest BCUT2D eigenvalue weighted by molar-refractivity contribution is -0.115. The highest BCUT2D eigenvalue weighted by Crippen LogP contribution is 2.32. The van der Waals surface area contributed by atoms with E-state index in [2.05, 4.69) is 23.5 Å². The molecule has 0 unspecified atom stereocenters. The van der Waals surface area contributed by atoms with Crippen molar-refractivity contribution < 1.29 is 4.79 Å². The molecule has 84 valence electrons. The molecular weight excluding hydrogens is 230 g/mol. The minimum atomic E-state index is 0.0851. The second-order valence-electron chi connectivity index (χ2n) is 3.96. The number of anilines is 1. The van der Waals surface area contributed by atoms with Gasteiger partial charge >= 0.3 is 0 Å². The molecule has 2 aromatic carbocycles. The van der Waals surface area contributed by atoms with Crippen LogP contribution in [0.15, 0.2) is 58.3 Å². The first-order valence-corrected chi connectivity index (χ1v) is 6.28. The Labute approximate surface area is 104 Å². The van der Waals surface area contributed by atoms with Gasteiger partial charge in [0.2, 0.25) is 5.91 Å². The zero-order chi connectivity index (χ0) is 11.7. The number of nitrogens with one attached hydrogen (secondary N) is 1. The van der Waals surface area contributed by atoms with Crippen LogP contribution in [0.3, 0.4) is 0 Å². The molecule has 1 N–H and O–H groups in total. The molecule has 0 aliphatic carbocycles. The second-order valence-corrected chi connectivity index (χ2v) is 5.11. The Morgan fingerprint density at radius 2 is 1.82 bits per heavy atom. The highest BCUT2D eigenvalue weighted by atomic mass is 32.2. The van der Waals surface area contributed by atoms with Gasteiger partial charge in [-0.1, -0.05) is 36.0 Å². The molecule has 0 aromatic heterocycles. The van der Waals surface area contributed by atoms with Crippen LogP contribution in [-0.4, -0.2) is 5.91 Å². The van der Waals surface area contributed by atoms with Crippen molar-refractivity contribution in [3.63, 3.8) is 0 Å². The monoisotopic (exact) mass is 241 g/mol. The summed E-state index contributed by atoms with van der Waals surface area (Å²) in [7, 11) is 0. The number of hydrogen-bond acceptors (Lipinski definition) is 2. The zero-order valence-corrected chi connectivity index (χ0v) is 9.96. The van der Waals surface area contributed by atoms with Gasteiger partial charge < -0.3 is 5.32 Å². The molecule has 0 radical (unpaired) electrons. The third-order valence-electron chi connectivity index (χ3n) is 2.69. The van der Waals surface area contributed by atoms with Crippen LogP contribution in [-0.2, 0) is 11.2 Å². The Hall–Kier alpha value is -1.74. The zero-order valence-electron chi connectivity index (χ0n) is 9.14. The van der Waals surface area contributed by atoms with Crippen molar-refractivity contribution in [1.29, 1.82) is 0 Å². The molecule has 2 aromatic rings. The summed E-state index contributed by atoms with van der Waals surface area (Å²) in [6.07, 6.45) is 0.506. The van der Waals surface area contributed by atoms with Gasteiger partial charge in [0.1, 0.15) is 0 Å². The average molecular weight is 241 g/mol. The maximum Gasteiger partial charge on any atom is 0.228 e. The predicted molar refractivity (Wildman–Crippen MR) is 69.3 cm³/mol. The molecule has 3 rings (SSSR count).